The number of hydrogen-bond acceptors (Lipinski definition) is 3. The molecule has 1 heterocycles. The highest BCUT2D eigenvalue weighted by atomic mass is 16.3. The van der Waals surface area contributed by atoms with Gasteiger partial charge < -0.3 is 15.7 Å². The number of hydrogen-bond donors (Lipinski definition) is 3. The second kappa shape index (κ2) is 3.32. The van der Waals surface area contributed by atoms with E-state index in [0.29, 0.717) is 6.04 Å². The zero-order valence-corrected chi connectivity index (χ0v) is 7.47. The third-order valence-electron chi connectivity index (χ3n) is 2.91. The molecule has 1 unspecified atom stereocenters. The van der Waals surface area contributed by atoms with Crippen molar-refractivity contribution < 1.29 is 5.11 Å². The third-order valence-corrected chi connectivity index (χ3v) is 2.91. The molecule has 0 amide bonds. The van der Waals surface area contributed by atoms with E-state index in [-0.39, 0.29) is 5.60 Å². The van der Waals surface area contributed by atoms with Crippen molar-refractivity contribution in [2.45, 2.75) is 37.3 Å². The molecule has 2 rings (SSSR count). The van der Waals surface area contributed by atoms with E-state index in [0.717, 1.165) is 38.9 Å². The van der Waals surface area contributed by atoms with Crippen molar-refractivity contribution in [1.29, 1.82) is 0 Å². The summed E-state index contributed by atoms with van der Waals surface area (Å²) < 4.78 is 0. The molecule has 1 aliphatic carbocycles. The van der Waals surface area contributed by atoms with Gasteiger partial charge >= 0.3 is 0 Å². The fourth-order valence-electron chi connectivity index (χ4n) is 1.73. The van der Waals surface area contributed by atoms with Gasteiger partial charge in [-0.3, -0.25) is 0 Å². The van der Waals surface area contributed by atoms with Crippen LogP contribution in [0.3, 0.4) is 0 Å². The van der Waals surface area contributed by atoms with Crippen molar-refractivity contribution in [3.05, 3.63) is 0 Å². The largest absolute Gasteiger partial charge is 0.390 e. The molecule has 1 atom stereocenters. The Morgan fingerprint density at radius 1 is 1.50 bits per heavy atom. The van der Waals surface area contributed by atoms with E-state index >= 15 is 0 Å². The van der Waals surface area contributed by atoms with Crippen LogP contribution in [0.15, 0.2) is 0 Å². The van der Waals surface area contributed by atoms with Crippen LogP contribution < -0.4 is 10.6 Å². The minimum Gasteiger partial charge on any atom is -0.390 e. The zero-order valence-electron chi connectivity index (χ0n) is 7.47. The summed E-state index contributed by atoms with van der Waals surface area (Å²) in [5.74, 6) is 0. The lowest BCUT2D eigenvalue weighted by atomic mass is 10.2. The van der Waals surface area contributed by atoms with E-state index in [1.807, 2.05) is 0 Å². The second-order valence-corrected chi connectivity index (χ2v) is 4.12. The standard InChI is InChI=1S/C9H18N2O/c12-9(2-3-9)4-6-11-8-1-5-10-7-8/h8,10-12H,1-7H2. The molecule has 3 heteroatoms. The van der Waals surface area contributed by atoms with Crippen LogP contribution in [0.1, 0.15) is 25.7 Å². The van der Waals surface area contributed by atoms with Crippen LogP contribution in [0, 0.1) is 0 Å². The first-order valence-corrected chi connectivity index (χ1v) is 4.95. The van der Waals surface area contributed by atoms with Crippen molar-refractivity contribution >= 4 is 0 Å². The Labute approximate surface area is 73.5 Å². The topological polar surface area (TPSA) is 44.3 Å². The normalized spacial score (nSPS) is 32.2. The molecular weight excluding hydrogens is 152 g/mol. The minimum atomic E-state index is -0.279. The van der Waals surface area contributed by atoms with Gasteiger partial charge in [-0.15, -0.1) is 0 Å². The Hall–Kier alpha value is -0.120. The Morgan fingerprint density at radius 2 is 2.33 bits per heavy atom. The van der Waals surface area contributed by atoms with Gasteiger partial charge in [-0.05, 0) is 38.8 Å². The molecule has 0 spiro atoms. The van der Waals surface area contributed by atoms with Crippen molar-refractivity contribution in [3.8, 4) is 0 Å². The van der Waals surface area contributed by atoms with Crippen molar-refractivity contribution in [1.82, 2.24) is 10.6 Å². The van der Waals surface area contributed by atoms with E-state index in [1.54, 1.807) is 0 Å². The lowest BCUT2D eigenvalue weighted by molar-refractivity contribution is 0.139. The predicted molar refractivity (Wildman–Crippen MR) is 48.1 cm³/mol. The maximum Gasteiger partial charge on any atom is 0.0662 e. The van der Waals surface area contributed by atoms with Crippen LogP contribution in [-0.2, 0) is 0 Å². The number of rotatable bonds is 4. The van der Waals surface area contributed by atoms with Crippen LogP contribution in [0.4, 0.5) is 0 Å². The van der Waals surface area contributed by atoms with Crippen molar-refractivity contribution in [2.75, 3.05) is 19.6 Å². The first-order valence-electron chi connectivity index (χ1n) is 4.95. The summed E-state index contributed by atoms with van der Waals surface area (Å²) in [6.45, 7) is 3.21. The summed E-state index contributed by atoms with van der Waals surface area (Å²) in [5, 5.41) is 16.3. The van der Waals surface area contributed by atoms with Crippen LogP contribution >= 0.6 is 0 Å². The molecule has 2 fully saturated rings. The van der Waals surface area contributed by atoms with Gasteiger partial charge in [-0.1, -0.05) is 0 Å². The molecule has 70 valence electrons. The molecule has 1 saturated carbocycles. The van der Waals surface area contributed by atoms with Crippen LogP contribution in [0.25, 0.3) is 0 Å². The van der Waals surface area contributed by atoms with Gasteiger partial charge in [-0.2, -0.15) is 0 Å². The summed E-state index contributed by atoms with van der Waals surface area (Å²) in [4.78, 5) is 0. The van der Waals surface area contributed by atoms with Gasteiger partial charge in [0.25, 0.3) is 0 Å². The van der Waals surface area contributed by atoms with Crippen molar-refractivity contribution in [2.24, 2.45) is 0 Å². The molecule has 3 nitrogen and oxygen atoms in total. The minimum absolute atomic E-state index is 0.279. The second-order valence-electron chi connectivity index (χ2n) is 4.12. The first-order chi connectivity index (χ1) is 5.79. The highest BCUT2D eigenvalue weighted by molar-refractivity contribution is 4.94. The van der Waals surface area contributed by atoms with E-state index in [9.17, 15) is 5.11 Å². The SMILES string of the molecule is OC1(CCNC2CCNC2)CC1. The van der Waals surface area contributed by atoms with Crippen LogP contribution in [0.5, 0.6) is 0 Å². The highest BCUT2D eigenvalue weighted by Gasteiger charge is 2.39. The smallest absolute Gasteiger partial charge is 0.0662 e. The molecule has 0 bridgehead atoms. The van der Waals surface area contributed by atoms with Gasteiger partial charge in [0.05, 0.1) is 5.60 Å². The summed E-state index contributed by atoms with van der Waals surface area (Å²) in [6, 6.07) is 0.646. The molecule has 3 N–H and O–H groups in total. The lowest BCUT2D eigenvalue weighted by Crippen LogP contribution is -2.33. The van der Waals surface area contributed by atoms with Gasteiger partial charge in [0.1, 0.15) is 0 Å². The average molecular weight is 170 g/mol. The van der Waals surface area contributed by atoms with E-state index < -0.39 is 0 Å². The fourth-order valence-corrected chi connectivity index (χ4v) is 1.73. The van der Waals surface area contributed by atoms with E-state index in [4.69, 9.17) is 0 Å². The summed E-state index contributed by atoms with van der Waals surface area (Å²) in [5.41, 5.74) is -0.279. The Kier molecular flexibility index (Phi) is 2.35. The molecule has 12 heavy (non-hydrogen) atoms. The number of nitrogens with one attached hydrogen (secondary N) is 2. The highest BCUT2D eigenvalue weighted by Crippen LogP contribution is 2.37. The molecule has 2 aliphatic rings. The predicted octanol–water partition coefficient (Wildman–Crippen LogP) is -0.147. The Bertz CT molecular complexity index is 151. The summed E-state index contributed by atoms with van der Waals surface area (Å²) >= 11 is 0. The van der Waals surface area contributed by atoms with Gasteiger partial charge in [0.15, 0.2) is 0 Å². The molecule has 1 aliphatic heterocycles. The molecule has 0 aromatic heterocycles. The van der Waals surface area contributed by atoms with Gasteiger partial charge in [0.2, 0.25) is 0 Å². The fraction of sp³-hybridized carbons (Fsp3) is 1.00. The molecule has 0 radical (unpaired) electrons. The first kappa shape index (κ1) is 8.48. The average Bonchev–Trinajstić information content (AvgIpc) is 2.61. The van der Waals surface area contributed by atoms with E-state index in [2.05, 4.69) is 10.6 Å². The lowest BCUT2D eigenvalue weighted by Gasteiger charge is -2.12. The molecular formula is C9H18N2O. The maximum atomic E-state index is 9.55. The Balaban J connectivity index is 1.56. The van der Waals surface area contributed by atoms with E-state index in [1.165, 1.54) is 6.42 Å². The Morgan fingerprint density at radius 3 is 2.92 bits per heavy atom. The van der Waals surface area contributed by atoms with Crippen LogP contribution in [-0.4, -0.2) is 36.4 Å². The molecule has 1 saturated heterocycles. The summed E-state index contributed by atoms with van der Waals surface area (Å²) in [7, 11) is 0. The monoisotopic (exact) mass is 170 g/mol. The number of aliphatic hydroxyl groups is 1. The third kappa shape index (κ3) is 2.19. The maximum absolute atomic E-state index is 9.55. The van der Waals surface area contributed by atoms with Gasteiger partial charge in [-0.25, -0.2) is 0 Å². The van der Waals surface area contributed by atoms with Gasteiger partial charge in [0, 0.05) is 12.6 Å². The van der Waals surface area contributed by atoms with Crippen molar-refractivity contribution in [3.63, 3.8) is 0 Å². The van der Waals surface area contributed by atoms with Crippen LogP contribution in [0.2, 0.25) is 0 Å². The molecule has 0 aromatic rings. The quantitative estimate of drug-likeness (QED) is 0.550. The summed E-state index contributed by atoms with van der Waals surface area (Å²) in [6.07, 6.45) is 4.19. The molecule has 0 aromatic carbocycles. The zero-order chi connectivity index (χ0) is 8.44.